The van der Waals surface area contributed by atoms with Crippen molar-refractivity contribution in [3.63, 3.8) is 0 Å². The first-order valence-corrected chi connectivity index (χ1v) is 7.72. The number of nitrogens with zero attached hydrogens (tertiary/aromatic N) is 1. The normalized spacial score (nSPS) is 13.4. The minimum absolute atomic E-state index is 0. The molecule has 0 spiro atoms. The van der Waals surface area contributed by atoms with Gasteiger partial charge in [-0.1, -0.05) is 48.5 Å². The standard InChI is InChI=1S/C20H18NO.HI/c1-3-7-16(8-4-1)15-18-11-12-20-19(13-14-22-20)21(18)17-9-5-2-6-10-17;/h1-10,13-14H,11-12,15H2;1H/q+1;/p-1. The lowest BCUT2D eigenvalue weighted by Crippen LogP contribution is -3.00. The highest BCUT2D eigenvalue weighted by atomic mass is 127. The van der Waals surface area contributed by atoms with Gasteiger partial charge in [0.05, 0.1) is 12.7 Å². The zero-order valence-corrected chi connectivity index (χ0v) is 14.9. The number of hydrogen-bond acceptors (Lipinski definition) is 1. The first-order valence-electron chi connectivity index (χ1n) is 7.72. The average molecular weight is 415 g/mol. The number of hydrogen-bond donors (Lipinski definition) is 0. The Kier molecular flexibility index (Phi) is 4.96. The summed E-state index contributed by atoms with van der Waals surface area (Å²) in [4.78, 5) is 0. The Labute approximate surface area is 153 Å². The summed E-state index contributed by atoms with van der Waals surface area (Å²) in [6, 6.07) is 23.3. The largest absolute Gasteiger partial charge is 1.00 e. The summed E-state index contributed by atoms with van der Waals surface area (Å²) in [5, 5.41) is 0. The van der Waals surface area contributed by atoms with Crippen molar-refractivity contribution in [1.29, 1.82) is 0 Å². The summed E-state index contributed by atoms with van der Waals surface area (Å²) < 4.78 is 8.01. The summed E-state index contributed by atoms with van der Waals surface area (Å²) in [6.45, 7) is 0. The van der Waals surface area contributed by atoms with Crippen LogP contribution in [0.1, 0.15) is 17.7 Å². The van der Waals surface area contributed by atoms with Crippen molar-refractivity contribution < 1.29 is 28.4 Å². The monoisotopic (exact) mass is 415 g/mol. The van der Waals surface area contributed by atoms with Crippen LogP contribution in [0.4, 0.5) is 11.4 Å². The van der Waals surface area contributed by atoms with Crippen LogP contribution in [-0.2, 0) is 12.8 Å². The van der Waals surface area contributed by atoms with Gasteiger partial charge in [-0.15, -0.1) is 0 Å². The topological polar surface area (TPSA) is 16.1 Å². The first kappa shape index (κ1) is 16.0. The molecule has 0 atom stereocenters. The van der Waals surface area contributed by atoms with Crippen LogP contribution in [0.5, 0.6) is 0 Å². The van der Waals surface area contributed by atoms with Crippen LogP contribution in [0.2, 0.25) is 0 Å². The third kappa shape index (κ3) is 3.24. The molecule has 0 radical (unpaired) electrons. The molecule has 1 aliphatic heterocycles. The van der Waals surface area contributed by atoms with Crippen molar-refractivity contribution >= 4 is 17.1 Å². The molecule has 0 bridgehead atoms. The van der Waals surface area contributed by atoms with Gasteiger partial charge in [0, 0.05) is 31.0 Å². The smallest absolute Gasteiger partial charge is 0.252 e. The van der Waals surface area contributed by atoms with E-state index in [0.29, 0.717) is 0 Å². The van der Waals surface area contributed by atoms with Crippen molar-refractivity contribution in [1.82, 2.24) is 4.58 Å². The van der Waals surface area contributed by atoms with Crippen LogP contribution in [0.3, 0.4) is 0 Å². The summed E-state index contributed by atoms with van der Waals surface area (Å²) in [7, 11) is 0. The summed E-state index contributed by atoms with van der Waals surface area (Å²) in [6.07, 6.45) is 4.78. The number of halogens is 1. The molecule has 0 N–H and O–H groups in total. The molecule has 0 fully saturated rings. The molecule has 0 amide bonds. The quantitative estimate of drug-likeness (QED) is 0.471. The van der Waals surface area contributed by atoms with Gasteiger partial charge >= 0.3 is 0 Å². The summed E-state index contributed by atoms with van der Waals surface area (Å²) in [5.74, 6) is 1.08. The zero-order chi connectivity index (χ0) is 14.8. The molecule has 3 heteroatoms. The van der Waals surface area contributed by atoms with Gasteiger partial charge in [-0.05, 0) is 5.56 Å². The molecule has 4 rings (SSSR count). The van der Waals surface area contributed by atoms with E-state index in [1.165, 1.54) is 22.6 Å². The van der Waals surface area contributed by atoms with Crippen molar-refractivity contribution in [2.45, 2.75) is 19.3 Å². The van der Waals surface area contributed by atoms with Gasteiger partial charge in [0.1, 0.15) is 0 Å². The van der Waals surface area contributed by atoms with Gasteiger partial charge in [0.25, 0.3) is 5.69 Å². The Morgan fingerprint density at radius 1 is 0.826 bits per heavy atom. The zero-order valence-electron chi connectivity index (χ0n) is 12.8. The van der Waals surface area contributed by atoms with Crippen LogP contribution >= 0.6 is 0 Å². The number of furan rings is 1. The molecule has 0 unspecified atom stereocenters. The second kappa shape index (κ2) is 7.13. The first-order chi connectivity index (χ1) is 10.9. The Bertz CT molecular complexity index is 806. The highest BCUT2D eigenvalue weighted by Crippen LogP contribution is 2.31. The predicted octanol–water partition coefficient (Wildman–Crippen LogP) is 1.75. The molecule has 0 saturated carbocycles. The molecule has 2 heterocycles. The van der Waals surface area contributed by atoms with E-state index in [2.05, 4.69) is 71.3 Å². The number of aryl methyl sites for hydroxylation is 1. The molecule has 1 aromatic heterocycles. The van der Waals surface area contributed by atoms with E-state index in [4.69, 9.17) is 4.42 Å². The fraction of sp³-hybridized carbons (Fsp3) is 0.150. The van der Waals surface area contributed by atoms with E-state index >= 15 is 0 Å². The second-order valence-corrected chi connectivity index (χ2v) is 5.63. The lowest BCUT2D eigenvalue weighted by molar-refractivity contribution is -0.00000487. The van der Waals surface area contributed by atoms with Gasteiger partial charge in [-0.3, -0.25) is 0 Å². The van der Waals surface area contributed by atoms with Crippen LogP contribution in [0, 0.1) is 0 Å². The molecule has 0 saturated heterocycles. The van der Waals surface area contributed by atoms with E-state index in [9.17, 15) is 0 Å². The lowest BCUT2D eigenvalue weighted by Gasteiger charge is -2.14. The minimum atomic E-state index is 0. The molecule has 2 nitrogen and oxygen atoms in total. The van der Waals surface area contributed by atoms with Crippen LogP contribution in [-0.4, -0.2) is 5.71 Å². The maximum Gasteiger partial charge on any atom is 0.252 e. The third-order valence-corrected chi connectivity index (χ3v) is 4.19. The van der Waals surface area contributed by atoms with Crippen LogP contribution < -0.4 is 28.6 Å². The maximum atomic E-state index is 5.65. The SMILES string of the molecule is [I-].c1ccc(CC2=[N+](c3ccccc3)c3ccoc3CC2)cc1. The molecular weight excluding hydrogens is 397 g/mol. The Balaban J connectivity index is 0.00000156. The van der Waals surface area contributed by atoms with Crippen molar-refractivity contribution in [3.8, 4) is 0 Å². The van der Waals surface area contributed by atoms with Crippen molar-refractivity contribution in [3.05, 3.63) is 84.3 Å². The fourth-order valence-electron chi connectivity index (χ4n) is 3.16. The fourth-order valence-corrected chi connectivity index (χ4v) is 3.16. The maximum absolute atomic E-state index is 5.65. The average Bonchev–Trinajstić information content (AvgIpc) is 3.05. The highest BCUT2D eigenvalue weighted by Gasteiger charge is 2.30. The molecular formula is C20H18INO. The molecule has 0 aliphatic carbocycles. The van der Waals surface area contributed by atoms with E-state index in [-0.39, 0.29) is 24.0 Å². The lowest BCUT2D eigenvalue weighted by atomic mass is 10.00. The second-order valence-electron chi connectivity index (χ2n) is 5.63. The molecule has 2 aromatic carbocycles. The van der Waals surface area contributed by atoms with Gasteiger partial charge in [0.15, 0.2) is 11.5 Å². The molecule has 23 heavy (non-hydrogen) atoms. The number of rotatable bonds is 3. The molecule has 116 valence electrons. The van der Waals surface area contributed by atoms with Gasteiger partial charge in [-0.25, -0.2) is 0 Å². The molecule has 3 aromatic rings. The minimum Gasteiger partial charge on any atom is -1.00 e. The Morgan fingerprint density at radius 3 is 2.26 bits per heavy atom. The predicted molar refractivity (Wildman–Crippen MR) is 90.1 cm³/mol. The summed E-state index contributed by atoms with van der Waals surface area (Å²) in [5.41, 5.74) is 5.16. The van der Waals surface area contributed by atoms with Gasteiger partial charge in [-0.2, -0.15) is 4.58 Å². The van der Waals surface area contributed by atoms with E-state index < -0.39 is 0 Å². The van der Waals surface area contributed by atoms with E-state index in [1.807, 2.05) is 0 Å². The molecule has 1 aliphatic rings. The van der Waals surface area contributed by atoms with Gasteiger partial charge in [0.2, 0.25) is 5.69 Å². The van der Waals surface area contributed by atoms with Crippen molar-refractivity contribution in [2.75, 3.05) is 0 Å². The number of para-hydroxylation sites is 1. The number of benzene rings is 2. The highest BCUT2D eigenvalue weighted by molar-refractivity contribution is 5.93. The van der Waals surface area contributed by atoms with Crippen molar-refractivity contribution in [2.24, 2.45) is 0 Å². The Morgan fingerprint density at radius 2 is 1.52 bits per heavy atom. The van der Waals surface area contributed by atoms with Crippen LogP contribution in [0.15, 0.2) is 77.4 Å². The van der Waals surface area contributed by atoms with E-state index in [0.717, 1.165) is 25.0 Å². The Hall–Kier alpha value is -1.88. The number of fused-ring (bicyclic) bond motifs is 1. The summed E-state index contributed by atoms with van der Waals surface area (Å²) >= 11 is 0. The van der Waals surface area contributed by atoms with E-state index in [1.54, 1.807) is 6.26 Å². The third-order valence-electron chi connectivity index (χ3n) is 4.19. The van der Waals surface area contributed by atoms with Crippen LogP contribution in [0.25, 0.3) is 0 Å². The van der Waals surface area contributed by atoms with Gasteiger partial charge < -0.3 is 28.4 Å².